The summed E-state index contributed by atoms with van der Waals surface area (Å²) in [5.74, 6) is 1.77. The van der Waals surface area contributed by atoms with Gasteiger partial charge in [0.25, 0.3) is 0 Å². The fourth-order valence-corrected chi connectivity index (χ4v) is 2.88. The molecule has 2 N–H and O–H groups in total. The summed E-state index contributed by atoms with van der Waals surface area (Å²) in [6.07, 6.45) is 5.18. The van der Waals surface area contributed by atoms with Crippen LogP contribution in [0.2, 0.25) is 0 Å². The van der Waals surface area contributed by atoms with Crippen LogP contribution in [0.25, 0.3) is 0 Å². The highest BCUT2D eigenvalue weighted by Gasteiger charge is 2.22. The Hall–Kier alpha value is -0.770. The zero-order chi connectivity index (χ0) is 12.8. The SMILES string of the molecule is CC(C)C[C@@H](CNC1=NCCCN1)N1CCCC1. The first-order valence-electron chi connectivity index (χ1n) is 7.52. The maximum absolute atomic E-state index is 4.48. The van der Waals surface area contributed by atoms with Crippen molar-refractivity contribution >= 4 is 5.96 Å². The van der Waals surface area contributed by atoms with E-state index in [9.17, 15) is 0 Å². The van der Waals surface area contributed by atoms with Crippen LogP contribution in [0, 0.1) is 5.92 Å². The molecule has 1 fully saturated rings. The predicted octanol–water partition coefficient (Wildman–Crippen LogP) is 1.44. The summed E-state index contributed by atoms with van der Waals surface area (Å²) in [6, 6.07) is 0.666. The number of guanidine groups is 1. The van der Waals surface area contributed by atoms with Crippen molar-refractivity contribution in [2.24, 2.45) is 10.9 Å². The largest absolute Gasteiger partial charge is 0.356 e. The Balaban J connectivity index is 1.81. The fraction of sp³-hybridized carbons (Fsp3) is 0.929. The van der Waals surface area contributed by atoms with Gasteiger partial charge in [-0.3, -0.25) is 9.89 Å². The lowest BCUT2D eigenvalue weighted by atomic mass is 10.0. The molecular formula is C14H28N4. The van der Waals surface area contributed by atoms with E-state index >= 15 is 0 Å². The third-order valence-corrected chi connectivity index (χ3v) is 3.80. The van der Waals surface area contributed by atoms with Gasteiger partial charge >= 0.3 is 0 Å². The van der Waals surface area contributed by atoms with Crippen LogP contribution in [0.15, 0.2) is 4.99 Å². The number of hydrogen-bond acceptors (Lipinski definition) is 4. The number of rotatable bonds is 5. The van der Waals surface area contributed by atoms with Gasteiger partial charge < -0.3 is 10.6 Å². The molecule has 4 heteroatoms. The van der Waals surface area contributed by atoms with Gasteiger partial charge in [0.15, 0.2) is 5.96 Å². The van der Waals surface area contributed by atoms with E-state index in [0.29, 0.717) is 6.04 Å². The average Bonchev–Trinajstić information content (AvgIpc) is 2.89. The van der Waals surface area contributed by atoms with Crippen LogP contribution in [0.3, 0.4) is 0 Å². The van der Waals surface area contributed by atoms with Crippen molar-refractivity contribution in [2.75, 3.05) is 32.7 Å². The summed E-state index contributed by atoms with van der Waals surface area (Å²) in [7, 11) is 0. The molecule has 0 aliphatic carbocycles. The molecular weight excluding hydrogens is 224 g/mol. The van der Waals surface area contributed by atoms with Crippen LogP contribution in [0.5, 0.6) is 0 Å². The smallest absolute Gasteiger partial charge is 0.191 e. The highest BCUT2D eigenvalue weighted by Crippen LogP contribution is 2.17. The molecule has 0 aromatic rings. The average molecular weight is 252 g/mol. The molecule has 2 aliphatic heterocycles. The normalized spacial score (nSPS) is 22.7. The topological polar surface area (TPSA) is 39.7 Å². The minimum absolute atomic E-state index is 0.666. The highest BCUT2D eigenvalue weighted by molar-refractivity contribution is 5.80. The molecule has 0 bridgehead atoms. The monoisotopic (exact) mass is 252 g/mol. The first-order chi connectivity index (χ1) is 8.75. The van der Waals surface area contributed by atoms with Crippen LogP contribution in [-0.4, -0.2) is 49.6 Å². The van der Waals surface area contributed by atoms with Crippen LogP contribution in [-0.2, 0) is 0 Å². The minimum atomic E-state index is 0.666. The van der Waals surface area contributed by atoms with Gasteiger partial charge in [0.1, 0.15) is 0 Å². The second kappa shape index (κ2) is 6.98. The molecule has 0 amide bonds. The Morgan fingerprint density at radius 3 is 2.67 bits per heavy atom. The molecule has 104 valence electrons. The van der Waals surface area contributed by atoms with Gasteiger partial charge in [-0.2, -0.15) is 0 Å². The third kappa shape index (κ3) is 4.16. The number of aliphatic imine (C=N–C) groups is 1. The number of nitrogens with zero attached hydrogens (tertiary/aromatic N) is 2. The van der Waals surface area contributed by atoms with E-state index in [2.05, 4.69) is 34.4 Å². The number of likely N-dealkylation sites (tertiary alicyclic amines) is 1. The molecule has 4 nitrogen and oxygen atoms in total. The second-order valence-corrected chi connectivity index (χ2v) is 5.92. The summed E-state index contributed by atoms with van der Waals surface area (Å²) in [5.41, 5.74) is 0. The van der Waals surface area contributed by atoms with Gasteiger partial charge in [0.2, 0.25) is 0 Å². The van der Waals surface area contributed by atoms with Crippen molar-refractivity contribution in [1.82, 2.24) is 15.5 Å². The molecule has 0 aromatic heterocycles. The molecule has 1 saturated heterocycles. The molecule has 0 radical (unpaired) electrons. The summed E-state index contributed by atoms with van der Waals surface area (Å²) in [6.45, 7) is 10.2. The molecule has 0 aromatic carbocycles. The Morgan fingerprint density at radius 1 is 1.28 bits per heavy atom. The Labute approximate surface area is 111 Å². The van der Waals surface area contributed by atoms with Crippen LogP contribution < -0.4 is 10.6 Å². The van der Waals surface area contributed by atoms with Crippen LogP contribution in [0.4, 0.5) is 0 Å². The van der Waals surface area contributed by atoms with Crippen molar-refractivity contribution < 1.29 is 0 Å². The van der Waals surface area contributed by atoms with Gasteiger partial charge in [-0.15, -0.1) is 0 Å². The summed E-state index contributed by atoms with van der Waals surface area (Å²) < 4.78 is 0. The minimum Gasteiger partial charge on any atom is -0.356 e. The molecule has 18 heavy (non-hydrogen) atoms. The van der Waals surface area contributed by atoms with Crippen molar-refractivity contribution in [3.63, 3.8) is 0 Å². The van der Waals surface area contributed by atoms with Gasteiger partial charge in [-0.1, -0.05) is 13.8 Å². The molecule has 0 unspecified atom stereocenters. The summed E-state index contributed by atoms with van der Waals surface area (Å²) in [4.78, 5) is 7.13. The quantitative estimate of drug-likeness (QED) is 0.778. The van der Waals surface area contributed by atoms with Crippen molar-refractivity contribution in [3.05, 3.63) is 0 Å². The predicted molar refractivity (Wildman–Crippen MR) is 77.0 cm³/mol. The van der Waals surface area contributed by atoms with Crippen molar-refractivity contribution in [1.29, 1.82) is 0 Å². The van der Waals surface area contributed by atoms with Gasteiger partial charge in [-0.05, 0) is 44.7 Å². The maximum Gasteiger partial charge on any atom is 0.191 e. The van der Waals surface area contributed by atoms with E-state index in [1.54, 1.807) is 0 Å². The van der Waals surface area contributed by atoms with E-state index in [0.717, 1.165) is 37.9 Å². The van der Waals surface area contributed by atoms with Gasteiger partial charge in [-0.25, -0.2) is 0 Å². The van der Waals surface area contributed by atoms with E-state index in [4.69, 9.17) is 0 Å². The lowest BCUT2D eigenvalue weighted by Crippen LogP contribution is -2.48. The highest BCUT2D eigenvalue weighted by atomic mass is 15.2. The molecule has 0 spiro atoms. The van der Waals surface area contributed by atoms with Gasteiger partial charge in [0, 0.05) is 25.7 Å². The fourth-order valence-electron chi connectivity index (χ4n) is 2.88. The van der Waals surface area contributed by atoms with Crippen LogP contribution in [0.1, 0.15) is 39.5 Å². The molecule has 0 saturated carbocycles. The van der Waals surface area contributed by atoms with Gasteiger partial charge in [0.05, 0.1) is 0 Å². The standard InChI is InChI=1S/C14H28N4/c1-12(2)10-13(18-8-3-4-9-18)11-17-14-15-6-5-7-16-14/h12-13H,3-11H2,1-2H3,(H2,15,16,17)/t13-/m0/s1. The third-order valence-electron chi connectivity index (χ3n) is 3.80. The molecule has 2 aliphatic rings. The number of hydrogen-bond donors (Lipinski definition) is 2. The molecule has 2 rings (SSSR count). The van der Waals surface area contributed by atoms with E-state index < -0.39 is 0 Å². The lowest BCUT2D eigenvalue weighted by Gasteiger charge is -2.30. The van der Waals surface area contributed by atoms with Crippen LogP contribution >= 0.6 is 0 Å². The maximum atomic E-state index is 4.48. The zero-order valence-electron chi connectivity index (χ0n) is 11.9. The van der Waals surface area contributed by atoms with E-state index in [1.807, 2.05) is 0 Å². The molecule has 1 atom stereocenters. The Morgan fingerprint density at radius 2 is 2.06 bits per heavy atom. The van der Waals surface area contributed by atoms with E-state index in [-0.39, 0.29) is 0 Å². The zero-order valence-corrected chi connectivity index (χ0v) is 11.9. The summed E-state index contributed by atoms with van der Waals surface area (Å²) in [5, 5.41) is 6.84. The summed E-state index contributed by atoms with van der Waals surface area (Å²) >= 11 is 0. The first kappa shape index (κ1) is 13.7. The lowest BCUT2D eigenvalue weighted by molar-refractivity contribution is 0.212. The Bertz CT molecular complexity index is 269. The van der Waals surface area contributed by atoms with E-state index in [1.165, 1.54) is 32.4 Å². The molecule has 2 heterocycles. The first-order valence-corrected chi connectivity index (χ1v) is 7.52. The Kier molecular flexibility index (Phi) is 5.29. The van der Waals surface area contributed by atoms with Crippen molar-refractivity contribution in [2.45, 2.75) is 45.6 Å². The second-order valence-electron chi connectivity index (χ2n) is 5.92. The van der Waals surface area contributed by atoms with Crippen molar-refractivity contribution in [3.8, 4) is 0 Å². The number of nitrogens with one attached hydrogen (secondary N) is 2.